The van der Waals surface area contributed by atoms with Crippen LogP contribution in [0.25, 0.3) is 0 Å². The molecule has 23 heteroatoms. The van der Waals surface area contributed by atoms with Crippen molar-refractivity contribution in [2.45, 2.75) is 93.4 Å². The second-order valence-corrected chi connectivity index (χ2v) is 14.2. The molecule has 328 valence electrons. The molecule has 2 rings (SSSR count). The molecule has 2 amide bonds. The van der Waals surface area contributed by atoms with Crippen LogP contribution in [0.3, 0.4) is 0 Å². The molecular weight excluding hydrogens is 788 g/mol. The number of halogens is 1. The number of nitrogens with zero attached hydrogens (tertiary/aromatic N) is 3. The summed E-state index contributed by atoms with van der Waals surface area (Å²) in [6, 6.07) is 7.11. The minimum atomic E-state index is -1.91. The number of anilines is 2. The zero-order valence-corrected chi connectivity index (χ0v) is 32.7. The van der Waals surface area contributed by atoms with E-state index >= 15 is 0 Å². The number of hydrogen-bond acceptors (Lipinski definition) is 19. The summed E-state index contributed by atoms with van der Waals surface area (Å²) in [5.74, 6) is -1.93. The molecule has 0 saturated heterocycles. The molecule has 1 aromatic carbocycles. The van der Waals surface area contributed by atoms with Gasteiger partial charge in [-0.05, 0) is 62.7 Å². The Balaban J connectivity index is 1.83. The van der Waals surface area contributed by atoms with E-state index in [2.05, 4.69) is 25.9 Å². The molecule has 0 radical (unpaired) electrons. The number of hydrogen-bond donors (Lipinski definition) is 17. The maximum Gasteiger partial charge on any atom is 0.280 e. The van der Waals surface area contributed by atoms with Gasteiger partial charge in [-0.1, -0.05) is 35.9 Å². The Kier molecular flexibility index (Phi) is 22.2. The summed E-state index contributed by atoms with van der Waals surface area (Å²) in [7, 11) is 0. The summed E-state index contributed by atoms with van der Waals surface area (Å²) < 4.78 is 0. The molecule has 9 atom stereocenters. The first-order valence-corrected chi connectivity index (χ1v) is 19.0. The summed E-state index contributed by atoms with van der Waals surface area (Å²) >= 11 is 5.80. The number of unbranched alkanes of at least 4 members (excludes halogenated alkanes) is 1. The van der Waals surface area contributed by atoms with Crippen molar-refractivity contribution in [2.24, 2.45) is 5.73 Å². The van der Waals surface area contributed by atoms with Crippen LogP contribution >= 0.6 is 11.6 Å². The predicted molar refractivity (Wildman–Crippen MR) is 211 cm³/mol. The van der Waals surface area contributed by atoms with Crippen molar-refractivity contribution in [1.29, 1.82) is 5.41 Å². The predicted octanol–water partition coefficient (Wildman–Crippen LogP) is -5.49. The van der Waals surface area contributed by atoms with E-state index in [1.54, 1.807) is 0 Å². The maximum atomic E-state index is 12.3. The number of guanidine groups is 1. The van der Waals surface area contributed by atoms with Gasteiger partial charge in [0.25, 0.3) is 5.91 Å². The highest BCUT2D eigenvalue weighted by Gasteiger charge is 2.34. The second kappa shape index (κ2) is 25.6. The summed E-state index contributed by atoms with van der Waals surface area (Å²) in [6.07, 6.45) is -11.1. The van der Waals surface area contributed by atoms with Crippen molar-refractivity contribution in [3.8, 4) is 0 Å². The zero-order valence-electron chi connectivity index (χ0n) is 31.9. The SMILES string of the molecule is N=C(NCCCCc1ccc(CC[C@H](NCCCN(CC(O)C(O)C(O)C(O)CO)CC(O)C(O)C(O)C(O)CO)C(N)=O)cc1)NC(=O)c1nc(Cl)c(N)nc1N. The lowest BCUT2D eigenvalue weighted by molar-refractivity contribution is -0.130. The number of carbonyl (C=O) groups excluding carboxylic acids is 2. The average Bonchev–Trinajstić information content (AvgIpc) is 3.19. The number of benzene rings is 1. The Bertz CT molecular complexity index is 1540. The van der Waals surface area contributed by atoms with Crippen molar-refractivity contribution in [3.63, 3.8) is 0 Å². The van der Waals surface area contributed by atoms with Gasteiger partial charge in [0.05, 0.1) is 31.5 Å². The number of nitrogens with one attached hydrogen (secondary N) is 4. The smallest absolute Gasteiger partial charge is 0.280 e. The topological polar surface area (TPSA) is 403 Å². The molecule has 0 aliphatic heterocycles. The zero-order chi connectivity index (χ0) is 43.5. The van der Waals surface area contributed by atoms with Gasteiger partial charge in [0, 0.05) is 19.6 Å². The molecule has 20 N–H and O–H groups in total. The van der Waals surface area contributed by atoms with Crippen LogP contribution in [0.1, 0.15) is 47.3 Å². The van der Waals surface area contributed by atoms with Gasteiger partial charge in [-0.25, -0.2) is 9.97 Å². The van der Waals surface area contributed by atoms with Gasteiger partial charge in [-0.15, -0.1) is 0 Å². The fraction of sp³-hybridized carbons (Fsp3) is 0.629. The molecule has 2 aromatic rings. The molecule has 1 aromatic heterocycles. The molecule has 0 aliphatic rings. The number of aliphatic hydroxyl groups excluding tert-OH is 10. The lowest BCUT2D eigenvalue weighted by Crippen LogP contribution is -2.53. The van der Waals surface area contributed by atoms with E-state index in [1.807, 2.05) is 24.3 Å². The maximum absolute atomic E-state index is 12.3. The highest BCUT2D eigenvalue weighted by Crippen LogP contribution is 2.17. The van der Waals surface area contributed by atoms with Gasteiger partial charge < -0.3 is 78.9 Å². The number of aromatic nitrogens is 2. The largest absolute Gasteiger partial charge is 0.394 e. The Morgan fingerprint density at radius 2 is 1.26 bits per heavy atom. The van der Waals surface area contributed by atoms with E-state index in [4.69, 9.17) is 44.4 Å². The number of rotatable bonds is 27. The molecule has 0 bridgehead atoms. The highest BCUT2D eigenvalue weighted by atomic mass is 35.5. The van der Waals surface area contributed by atoms with Crippen LogP contribution in [-0.4, -0.2) is 185 Å². The van der Waals surface area contributed by atoms with Gasteiger partial charge in [0.15, 0.2) is 28.4 Å². The molecule has 0 saturated carbocycles. The monoisotopic (exact) mass is 846 g/mol. The Hall–Kier alpha value is -3.88. The van der Waals surface area contributed by atoms with Gasteiger partial charge in [-0.2, -0.15) is 0 Å². The number of nitrogen functional groups attached to an aromatic ring is 2. The minimum Gasteiger partial charge on any atom is -0.394 e. The van der Waals surface area contributed by atoms with Gasteiger partial charge in [-0.3, -0.25) is 25.2 Å². The summed E-state index contributed by atoms with van der Waals surface area (Å²) in [5.41, 5.74) is 18.6. The molecule has 0 aliphatic carbocycles. The van der Waals surface area contributed by atoms with E-state index in [1.165, 1.54) is 4.90 Å². The van der Waals surface area contributed by atoms with Gasteiger partial charge in [0.2, 0.25) is 5.91 Å². The number of primary amides is 1. The van der Waals surface area contributed by atoms with Gasteiger partial charge in [0.1, 0.15) is 36.6 Å². The van der Waals surface area contributed by atoms with Crippen LogP contribution in [0.2, 0.25) is 5.15 Å². The number of carbonyl (C=O) groups is 2. The molecule has 1 heterocycles. The van der Waals surface area contributed by atoms with Crippen molar-refractivity contribution in [2.75, 3.05) is 57.4 Å². The fourth-order valence-electron chi connectivity index (χ4n) is 5.73. The lowest BCUT2D eigenvalue weighted by atomic mass is 10.0. The van der Waals surface area contributed by atoms with E-state index < -0.39 is 93.0 Å². The Labute approximate surface area is 340 Å². The first-order valence-electron chi connectivity index (χ1n) is 18.6. The molecule has 58 heavy (non-hydrogen) atoms. The number of nitrogens with two attached hydrogens (primary N) is 3. The highest BCUT2D eigenvalue weighted by molar-refractivity contribution is 6.31. The molecule has 0 fully saturated rings. The number of amides is 2. The van der Waals surface area contributed by atoms with E-state index in [9.17, 15) is 50.4 Å². The lowest BCUT2D eigenvalue weighted by Gasteiger charge is -2.33. The first-order chi connectivity index (χ1) is 27.4. The Morgan fingerprint density at radius 1 is 0.741 bits per heavy atom. The summed E-state index contributed by atoms with van der Waals surface area (Å²) in [5, 5.41) is 115. The van der Waals surface area contributed by atoms with Gasteiger partial charge >= 0.3 is 0 Å². The van der Waals surface area contributed by atoms with Crippen LogP contribution < -0.4 is 33.2 Å². The molecule has 8 unspecified atom stereocenters. The van der Waals surface area contributed by atoms with E-state index in [0.29, 0.717) is 25.8 Å². The van der Waals surface area contributed by atoms with Crippen LogP contribution in [-0.2, 0) is 17.6 Å². The average molecular weight is 847 g/mol. The second-order valence-electron chi connectivity index (χ2n) is 13.8. The third-order valence-electron chi connectivity index (χ3n) is 9.22. The van der Waals surface area contributed by atoms with Crippen LogP contribution in [0.5, 0.6) is 0 Å². The molecular formula is C35H59ClN10O12. The third-order valence-corrected chi connectivity index (χ3v) is 9.50. The fourth-order valence-corrected chi connectivity index (χ4v) is 5.86. The minimum absolute atomic E-state index is 0.0748. The summed E-state index contributed by atoms with van der Waals surface area (Å²) in [6.45, 7) is -1.89. The third kappa shape index (κ3) is 16.8. The molecule has 22 nitrogen and oxygen atoms in total. The van der Waals surface area contributed by atoms with Crippen molar-refractivity contribution >= 4 is 41.0 Å². The standard InChI is InChI=1S/C35H59ClN10O12/c36-30-32(38)44-31(37)25(43-30)34(58)45-35(40)42-11-2-1-4-18-5-7-19(8-6-18)9-10-20(33(39)57)41-12-3-13-46(14-21(49)26(53)28(55)23(51)16-47)15-22(50)27(54)29(56)24(52)17-48/h5-8,20-24,26-29,41,47-56H,1-4,9-17H2,(H2,39,57)(H4,37,38,44)(H3,40,42,45,58)/t20-,21?,22?,23?,24?,26?,27?,28?,29?/m0/s1. The van der Waals surface area contributed by atoms with Crippen LogP contribution in [0.15, 0.2) is 24.3 Å². The summed E-state index contributed by atoms with van der Waals surface area (Å²) in [4.78, 5) is 33.5. The van der Waals surface area contributed by atoms with E-state index in [-0.39, 0.29) is 48.0 Å². The number of aliphatic hydroxyl groups is 10. The first kappa shape index (κ1) is 50.3. The normalized spacial score (nSPS) is 16.4. The Morgan fingerprint density at radius 3 is 1.78 bits per heavy atom. The van der Waals surface area contributed by atoms with Crippen molar-refractivity contribution in [1.82, 2.24) is 30.8 Å². The van der Waals surface area contributed by atoms with Crippen LogP contribution in [0, 0.1) is 5.41 Å². The molecule has 0 spiro atoms. The van der Waals surface area contributed by atoms with Crippen molar-refractivity contribution < 1.29 is 60.7 Å². The van der Waals surface area contributed by atoms with Crippen LogP contribution in [0.4, 0.5) is 11.6 Å². The number of aryl methyl sites for hydroxylation is 2. The quantitative estimate of drug-likeness (QED) is 0.0226. The van der Waals surface area contributed by atoms with Crippen molar-refractivity contribution in [3.05, 3.63) is 46.2 Å². The van der Waals surface area contributed by atoms with E-state index in [0.717, 1.165) is 24.0 Å².